The van der Waals surface area contributed by atoms with E-state index >= 15 is 0 Å². The molecule has 0 saturated carbocycles. The van der Waals surface area contributed by atoms with Crippen LogP contribution in [0.4, 0.5) is 4.79 Å². The lowest BCUT2D eigenvalue weighted by molar-refractivity contribution is 0.0966. The summed E-state index contributed by atoms with van der Waals surface area (Å²) in [5.74, 6) is 0.215. The van der Waals surface area contributed by atoms with Crippen molar-refractivity contribution in [2.75, 3.05) is 6.61 Å². The zero-order valence-electron chi connectivity index (χ0n) is 13.3. The van der Waals surface area contributed by atoms with Crippen LogP contribution in [-0.4, -0.2) is 18.5 Å². The zero-order chi connectivity index (χ0) is 16.2. The van der Waals surface area contributed by atoms with Crippen molar-refractivity contribution in [3.8, 4) is 5.75 Å². The summed E-state index contributed by atoms with van der Waals surface area (Å²) in [6, 6.07) is 5.80. The number of nitrogens with two attached hydrogens (primary N) is 1. The summed E-state index contributed by atoms with van der Waals surface area (Å²) in [4.78, 5) is 22.1. The summed E-state index contributed by atoms with van der Waals surface area (Å²) in [6.45, 7) is 2.90. The monoisotopic (exact) mass is 306 g/mol. The molecule has 0 atom stereocenters. The number of amides is 3. The first-order chi connectivity index (χ1) is 10.6. The number of primary amides is 1. The summed E-state index contributed by atoms with van der Waals surface area (Å²) >= 11 is 0. The Kier molecular flexibility index (Phi) is 8.72. The van der Waals surface area contributed by atoms with Gasteiger partial charge in [-0.1, -0.05) is 45.4 Å². The number of nitrogens with one attached hydrogen (secondary N) is 1. The van der Waals surface area contributed by atoms with E-state index in [2.05, 4.69) is 6.92 Å². The van der Waals surface area contributed by atoms with Gasteiger partial charge < -0.3 is 10.5 Å². The van der Waals surface area contributed by atoms with Crippen LogP contribution in [0.5, 0.6) is 5.75 Å². The van der Waals surface area contributed by atoms with Crippen molar-refractivity contribution < 1.29 is 14.3 Å². The lowest BCUT2D eigenvalue weighted by atomic mass is 10.1. The van der Waals surface area contributed by atoms with Crippen molar-refractivity contribution in [2.45, 2.75) is 51.9 Å². The van der Waals surface area contributed by atoms with Gasteiger partial charge in [-0.3, -0.25) is 10.1 Å². The lowest BCUT2D eigenvalue weighted by Gasteiger charge is -2.07. The molecular formula is C17H26N2O3. The van der Waals surface area contributed by atoms with Crippen LogP contribution in [0.3, 0.4) is 0 Å². The Balaban J connectivity index is 2.19. The van der Waals surface area contributed by atoms with Crippen LogP contribution in [-0.2, 0) is 0 Å². The van der Waals surface area contributed by atoms with Gasteiger partial charge in [-0.15, -0.1) is 0 Å². The maximum atomic E-state index is 11.5. The van der Waals surface area contributed by atoms with Gasteiger partial charge >= 0.3 is 6.03 Å². The molecule has 0 aliphatic carbocycles. The minimum Gasteiger partial charge on any atom is -0.494 e. The van der Waals surface area contributed by atoms with Gasteiger partial charge in [0, 0.05) is 5.56 Å². The van der Waals surface area contributed by atoms with E-state index < -0.39 is 11.9 Å². The van der Waals surface area contributed by atoms with Crippen LogP contribution in [0.25, 0.3) is 0 Å². The van der Waals surface area contributed by atoms with Crippen LogP contribution in [0.1, 0.15) is 62.2 Å². The Labute approximate surface area is 132 Å². The molecule has 0 aliphatic rings. The van der Waals surface area contributed by atoms with Gasteiger partial charge in [-0.05, 0) is 30.7 Å². The van der Waals surface area contributed by atoms with Crippen molar-refractivity contribution in [2.24, 2.45) is 5.73 Å². The van der Waals surface area contributed by atoms with Crippen LogP contribution >= 0.6 is 0 Å². The van der Waals surface area contributed by atoms with E-state index in [0.29, 0.717) is 12.2 Å². The van der Waals surface area contributed by atoms with Crippen molar-refractivity contribution >= 4 is 11.9 Å². The number of hydrogen-bond acceptors (Lipinski definition) is 3. The quantitative estimate of drug-likeness (QED) is 0.648. The predicted molar refractivity (Wildman–Crippen MR) is 87.0 cm³/mol. The molecule has 22 heavy (non-hydrogen) atoms. The van der Waals surface area contributed by atoms with E-state index in [9.17, 15) is 9.59 Å². The molecule has 0 aromatic heterocycles. The van der Waals surface area contributed by atoms with Crippen molar-refractivity contribution in [3.63, 3.8) is 0 Å². The van der Waals surface area contributed by atoms with E-state index in [1.807, 2.05) is 5.32 Å². The first-order valence-corrected chi connectivity index (χ1v) is 7.97. The minimum absolute atomic E-state index is 0.377. The molecule has 3 N–H and O–H groups in total. The fraction of sp³-hybridized carbons (Fsp3) is 0.529. The van der Waals surface area contributed by atoms with Crippen LogP contribution in [0.2, 0.25) is 0 Å². The summed E-state index contributed by atoms with van der Waals surface area (Å²) in [7, 11) is 0. The van der Waals surface area contributed by atoms with Gasteiger partial charge in [0.25, 0.3) is 5.91 Å². The molecular weight excluding hydrogens is 280 g/mol. The van der Waals surface area contributed by atoms with E-state index in [1.165, 1.54) is 38.5 Å². The highest BCUT2D eigenvalue weighted by Crippen LogP contribution is 2.13. The topological polar surface area (TPSA) is 81.4 Å². The second-order valence-corrected chi connectivity index (χ2v) is 5.31. The lowest BCUT2D eigenvalue weighted by Crippen LogP contribution is -2.34. The Morgan fingerprint density at radius 1 is 1.00 bits per heavy atom. The van der Waals surface area contributed by atoms with E-state index in [-0.39, 0.29) is 0 Å². The highest BCUT2D eigenvalue weighted by Gasteiger charge is 2.07. The second-order valence-electron chi connectivity index (χ2n) is 5.31. The standard InChI is InChI=1S/C17H26N2O3/c1-2-3-4-5-6-7-8-13-22-15-11-9-14(10-12-15)16(20)19-17(18)21/h9-12H,2-8,13H2,1H3,(H3,18,19,20,21). The molecule has 5 nitrogen and oxygen atoms in total. The Morgan fingerprint density at radius 2 is 1.59 bits per heavy atom. The summed E-state index contributed by atoms with van der Waals surface area (Å²) in [5.41, 5.74) is 5.27. The third kappa shape index (κ3) is 7.67. The first-order valence-electron chi connectivity index (χ1n) is 7.97. The van der Waals surface area contributed by atoms with Gasteiger partial charge in [0.1, 0.15) is 5.75 Å². The second kappa shape index (κ2) is 10.7. The van der Waals surface area contributed by atoms with Crippen LogP contribution in [0, 0.1) is 0 Å². The molecule has 5 heteroatoms. The molecule has 0 spiro atoms. The number of ether oxygens (including phenoxy) is 1. The SMILES string of the molecule is CCCCCCCCCOc1ccc(C(=O)NC(N)=O)cc1. The molecule has 0 fully saturated rings. The summed E-state index contributed by atoms with van der Waals surface area (Å²) in [5, 5.41) is 2.02. The van der Waals surface area contributed by atoms with Gasteiger partial charge in [-0.25, -0.2) is 4.79 Å². The van der Waals surface area contributed by atoms with E-state index in [1.54, 1.807) is 24.3 Å². The number of rotatable bonds is 10. The highest BCUT2D eigenvalue weighted by molar-refractivity contribution is 6.03. The largest absolute Gasteiger partial charge is 0.494 e. The third-order valence-electron chi connectivity index (χ3n) is 3.37. The molecule has 0 saturated heterocycles. The number of hydrogen-bond donors (Lipinski definition) is 2. The predicted octanol–water partition coefficient (Wildman–Crippen LogP) is 3.62. The Morgan fingerprint density at radius 3 is 2.18 bits per heavy atom. The number of imide groups is 1. The molecule has 1 aromatic carbocycles. The molecule has 0 aliphatic heterocycles. The molecule has 1 aromatic rings. The fourth-order valence-corrected chi connectivity index (χ4v) is 2.14. The summed E-state index contributed by atoms with van der Waals surface area (Å²) < 4.78 is 5.63. The molecule has 0 unspecified atom stereocenters. The van der Waals surface area contributed by atoms with Gasteiger partial charge in [0.15, 0.2) is 0 Å². The normalized spacial score (nSPS) is 10.2. The van der Waals surface area contributed by atoms with Gasteiger partial charge in [0.2, 0.25) is 0 Å². The first kappa shape index (κ1) is 18.0. The van der Waals surface area contributed by atoms with Crippen molar-refractivity contribution in [1.82, 2.24) is 5.32 Å². The van der Waals surface area contributed by atoms with Gasteiger partial charge in [0.05, 0.1) is 6.61 Å². The maximum absolute atomic E-state index is 11.5. The number of benzene rings is 1. The van der Waals surface area contributed by atoms with E-state index in [0.717, 1.165) is 12.2 Å². The highest BCUT2D eigenvalue weighted by atomic mass is 16.5. The number of urea groups is 1. The Bertz CT molecular complexity index is 457. The average Bonchev–Trinajstić information content (AvgIpc) is 2.50. The molecule has 0 bridgehead atoms. The Hall–Kier alpha value is -2.04. The zero-order valence-corrected chi connectivity index (χ0v) is 13.3. The van der Waals surface area contributed by atoms with Crippen LogP contribution in [0.15, 0.2) is 24.3 Å². The maximum Gasteiger partial charge on any atom is 0.319 e. The molecule has 122 valence electrons. The molecule has 0 heterocycles. The third-order valence-corrected chi connectivity index (χ3v) is 3.37. The van der Waals surface area contributed by atoms with Crippen molar-refractivity contribution in [1.29, 1.82) is 0 Å². The average molecular weight is 306 g/mol. The fourth-order valence-electron chi connectivity index (χ4n) is 2.14. The molecule has 3 amide bonds. The van der Waals surface area contributed by atoms with Gasteiger partial charge in [-0.2, -0.15) is 0 Å². The number of carbonyl (C=O) groups is 2. The van der Waals surface area contributed by atoms with E-state index in [4.69, 9.17) is 10.5 Å². The minimum atomic E-state index is -0.857. The molecule has 1 rings (SSSR count). The smallest absolute Gasteiger partial charge is 0.319 e. The van der Waals surface area contributed by atoms with Crippen LogP contribution < -0.4 is 15.8 Å². The number of carbonyl (C=O) groups excluding carboxylic acids is 2. The molecule has 0 radical (unpaired) electrons. The number of unbranched alkanes of at least 4 members (excludes halogenated alkanes) is 6. The van der Waals surface area contributed by atoms with Crippen molar-refractivity contribution in [3.05, 3.63) is 29.8 Å². The summed E-state index contributed by atoms with van der Waals surface area (Å²) in [6.07, 6.45) is 8.71.